The molecule has 0 aromatic heterocycles. The highest BCUT2D eigenvalue weighted by Crippen LogP contribution is 2.21. The molecule has 0 heterocycles. The lowest BCUT2D eigenvalue weighted by Gasteiger charge is -2.22. The smallest absolute Gasteiger partial charge is 0.305 e. The van der Waals surface area contributed by atoms with Crippen LogP contribution in [0.2, 0.25) is 0 Å². The van der Waals surface area contributed by atoms with Crippen LogP contribution in [-0.2, 0) is 9.53 Å². The SMILES string of the molecule is C=CC/C=C/CC(C)(C)COC(=O)CC. The van der Waals surface area contributed by atoms with E-state index < -0.39 is 0 Å². The summed E-state index contributed by atoms with van der Waals surface area (Å²) in [5.41, 5.74) is 0.0164. The molecule has 0 unspecified atom stereocenters. The molecule has 0 spiro atoms. The number of rotatable bonds is 7. The average Bonchev–Trinajstić information content (AvgIpc) is 2.21. The third-order valence-electron chi connectivity index (χ3n) is 2.05. The zero-order valence-corrected chi connectivity index (χ0v) is 10.1. The molecular weight excluding hydrogens is 188 g/mol. The molecule has 0 N–H and O–H groups in total. The first-order valence-electron chi connectivity index (χ1n) is 5.43. The van der Waals surface area contributed by atoms with Crippen LogP contribution in [0.15, 0.2) is 24.8 Å². The monoisotopic (exact) mass is 210 g/mol. The first-order valence-corrected chi connectivity index (χ1v) is 5.43. The molecule has 0 aliphatic heterocycles. The Morgan fingerprint density at radius 2 is 2.07 bits per heavy atom. The van der Waals surface area contributed by atoms with Gasteiger partial charge in [0.05, 0.1) is 6.61 Å². The van der Waals surface area contributed by atoms with E-state index in [0.29, 0.717) is 13.0 Å². The topological polar surface area (TPSA) is 26.3 Å². The minimum Gasteiger partial charge on any atom is -0.465 e. The van der Waals surface area contributed by atoms with Crippen LogP contribution in [-0.4, -0.2) is 12.6 Å². The second-order valence-electron chi connectivity index (χ2n) is 4.38. The summed E-state index contributed by atoms with van der Waals surface area (Å²) < 4.78 is 5.12. The average molecular weight is 210 g/mol. The number of hydrogen-bond acceptors (Lipinski definition) is 2. The summed E-state index contributed by atoms with van der Waals surface area (Å²) in [6, 6.07) is 0. The zero-order valence-electron chi connectivity index (χ0n) is 10.1. The maximum Gasteiger partial charge on any atom is 0.305 e. The standard InChI is InChI=1S/C13H22O2/c1-5-7-8-9-10-13(3,4)11-15-12(14)6-2/h5,8-9H,1,6-7,10-11H2,2-4H3/b9-8+. The summed E-state index contributed by atoms with van der Waals surface area (Å²) in [7, 11) is 0. The second kappa shape index (κ2) is 7.27. The van der Waals surface area contributed by atoms with Gasteiger partial charge in [0, 0.05) is 11.8 Å². The molecule has 0 bridgehead atoms. The van der Waals surface area contributed by atoms with Gasteiger partial charge in [0.25, 0.3) is 0 Å². The molecule has 0 rings (SSSR count). The van der Waals surface area contributed by atoms with Gasteiger partial charge >= 0.3 is 5.97 Å². The predicted molar refractivity (Wildman–Crippen MR) is 63.6 cm³/mol. The third kappa shape index (κ3) is 7.98. The Morgan fingerprint density at radius 1 is 1.40 bits per heavy atom. The van der Waals surface area contributed by atoms with E-state index >= 15 is 0 Å². The molecule has 0 saturated carbocycles. The molecule has 2 heteroatoms. The molecular formula is C13H22O2. The fourth-order valence-corrected chi connectivity index (χ4v) is 1.03. The molecule has 0 atom stereocenters. The van der Waals surface area contributed by atoms with E-state index in [-0.39, 0.29) is 11.4 Å². The largest absolute Gasteiger partial charge is 0.465 e. The van der Waals surface area contributed by atoms with Crippen LogP contribution in [0.3, 0.4) is 0 Å². The Balaban J connectivity index is 3.85. The van der Waals surface area contributed by atoms with E-state index in [1.807, 2.05) is 6.08 Å². The first-order chi connectivity index (χ1) is 7.02. The number of esters is 1. The van der Waals surface area contributed by atoms with Gasteiger partial charge < -0.3 is 4.74 Å². The molecule has 0 aliphatic carbocycles. The van der Waals surface area contributed by atoms with Crippen molar-refractivity contribution in [3.63, 3.8) is 0 Å². The van der Waals surface area contributed by atoms with E-state index in [2.05, 4.69) is 32.6 Å². The van der Waals surface area contributed by atoms with E-state index in [0.717, 1.165) is 12.8 Å². The molecule has 15 heavy (non-hydrogen) atoms. The lowest BCUT2D eigenvalue weighted by atomic mass is 9.90. The summed E-state index contributed by atoms with van der Waals surface area (Å²) >= 11 is 0. The molecule has 2 nitrogen and oxygen atoms in total. The molecule has 0 aromatic rings. The minimum atomic E-state index is -0.127. The quantitative estimate of drug-likeness (QED) is 0.475. The van der Waals surface area contributed by atoms with Crippen LogP contribution in [0.5, 0.6) is 0 Å². The van der Waals surface area contributed by atoms with Gasteiger partial charge in [-0.2, -0.15) is 0 Å². The van der Waals surface area contributed by atoms with Crippen LogP contribution in [0.4, 0.5) is 0 Å². The van der Waals surface area contributed by atoms with Crippen molar-refractivity contribution in [3.8, 4) is 0 Å². The van der Waals surface area contributed by atoms with Crippen LogP contribution in [0.25, 0.3) is 0 Å². The Labute approximate surface area is 93.0 Å². The Bertz CT molecular complexity index is 227. The highest BCUT2D eigenvalue weighted by molar-refractivity contribution is 5.68. The van der Waals surface area contributed by atoms with Crippen LogP contribution in [0, 0.1) is 5.41 Å². The van der Waals surface area contributed by atoms with Crippen LogP contribution in [0.1, 0.15) is 40.0 Å². The molecule has 0 aromatic carbocycles. The van der Waals surface area contributed by atoms with Crippen molar-refractivity contribution in [1.82, 2.24) is 0 Å². The van der Waals surface area contributed by atoms with E-state index in [1.54, 1.807) is 6.92 Å². The Hall–Kier alpha value is -1.05. The number of ether oxygens (including phenoxy) is 1. The molecule has 0 amide bonds. The summed E-state index contributed by atoms with van der Waals surface area (Å²) in [5.74, 6) is -0.127. The Kier molecular flexibility index (Phi) is 6.76. The van der Waals surface area contributed by atoms with Crippen molar-refractivity contribution in [2.75, 3.05) is 6.61 Å². The zero-order chi connectivity index (χ0) is 11.7. The van der Waals surface area contributed by atoms with Gasteiger partial charge in [-0.15, -0.1) is 6.58 Å². The lowest BCUT2D eigenvalue weighted by Crippen LogP contribution is -2.20. The highest BCUT2D eigenvalue weighted by Gasteiger charge is 2.18. The number of hydrogen-bond donors (Lipinski definition) is 0. The number of allylic oxidation sites excluding steroid dienone is 3. The van der Waals surface area contributed by atoms with Crippen LogP contribution >= 0.6 is 0 Å². The summed E-state index contributed by atoms with van der Waals surface area (Å²) in [6.07, 6.45) is 8.31. The summed E-state index contributed by atoms with van der Waals surface area (Å²) in [6.45, 7) is 10.1. The summed E-state index contributed by atoms with van der Waals surface area (Å²) in [4.78, 5) is 11.0. The van der Waals surface area contributed by atoms with E-state index in [4.69, 9.17) is 4.74 Å². The number of carbonyl (C=O) groups excluding carboxylic acids is 1. The molecule has 0 aliphatic rings. The van der Waals surface area contributed by atoms with Gasteiger partial charge in [0.15, 0.2) is 0 Å². The van der Waals surface area contributed by atoms with Crippen molar-refractivity contribution in [2.45, 2.75) is 40.0 Å². The first kappa shape index (κ1) is 13.9. The molecule has 0 fully saturated rings. The van der Waals surface area contributed by atoms with Gasteiger partial charge in [0.2, 0.25) is 0 Å². The molecule has 0 saturated heterocycles. The van der Waals surface area contributed by atoms with Gasteiger partial charge in [-0.25, -0.2) is 0 Å². The van der Waals surface area contributed by atoms with Gasteiger partial charge in [-0.1, -0.05) is 39.0 Å². The predicted octanol–water partition coefficient (Wildman–Crippen LogP) is 3.49. The van der Waals surface area contributed by atoms with Gasteiger partial charge in [-0.3, -0.25) is 4.79 Å². The minimum absolute atomic E-state index is 0.0164. The fourth-order valence-electron chi connectivity index (χ4n) is 1.03. The molecule has 0 radical (unpaired) electrons. The van der Waals surface area contributed by atoms with Crippen molar-refractivity contribution in [2.24, 2.45) is 5.41 Å². The van der Waals surface area contributed by atoms with Crippen LogP contribution < -0.4 is 0 Å². The van der Waals surface area contributed by atoms with Crippen molar-refractivity contribution in [3.05, 3.63) is 24.8 Å². The van der Waals surface area contributed by atoms with E-state index in [1.165, 1.54) is 0 Å². The molecule has 86 valence electrons. The normalized spacial score (nSPS) is 11.7. The lowest BCUT2D eigenvalue weighted by molar-refractivity contribution is -0.146. The van der Waals surface area contributed by atoms with Gasteiger partial charge in [-0.05, 0) is 12.8 Å². The maximum absolute atomic E-state index is 11.0. The second-order valence-corrected chi connectivity index (χ2v) is 4.38. The highest BCUT2D eigenvalue weighted by atomic mass is 16.5. The number of carbonyl (C=O) groups is 1. The maximum atomic E-state index is 11.0. The summed E-state index contributed by atoms with van der Waals surface area (Å²) in [5, 5.41) is 0. The van der Waals surface area contributed by atoms with Crippen molar-refractivity contribution < 1.29 is 9.53 Å². The van der Waals surface area contributed by atoms with Gasteiger partial charge in [0.1, 0.15) is 0 Å². The Morgan fingerprint density at radius 3 is 2.60 bits per heavy atom. The fraction of sp³-hybridized carbons (Fsp3) is 0.615. The van der Waals surface area contributed by atoms with Crippen molar-refractivity contribution >= 4 is 5.97 Å². The van der Waals surface area contributed by atoms with E-state index in [9.17, 15) is 4.79 Å². The van der Waals surface area contributed by atoms with Crippen molar-refractivity contribution in [1.29, 1.82) is 0 Å². The third-order valence-corrected chi connectivity index (χ3v) is 2.05.